The second kappa shape index (κ2) is 8.72. The number of phenolic OH excluding ortho intramolecular Hbond substituents is 1. The first-order valence-electron chi connectivity index (χ1n) is 9.07. The van der Waals surface area contributed by atoms with Gasteiger partial charge < -0.3 is 15.5 Å². The van der Waals surface area contributed by atoms with E-state index < -0.39 is 45.7 Å². The first-order valence-corrected chi connectivity index (χ1v) is 10.8. The third-order valence-electron chi connectivity index (χ3n) is 4.92. The fourth-order valence-corrected chi connectivity index (χ4v) is 4.25. The highest BCUT2D eigenvalue weighted by molar-refractivity contribution is 7.98. The van der Waals surface area contributed by atoms with Gasteiger partial charge in [-0.15, -0.1) is 0 Å². The Hall–Kier alpha value is -2.23. The zero-order chi connectivity index (χ0) is 23.0. The largest absolute Gasteiger partial charge is 0.505 e. The minimum absolute atomic E-state index is 0.230. The number of aliphatic hydroxyl groups is 1. The molecule has 0 saturated heterocycles. The molecule has 3 rings (SSSR count). The van der Waals surface area contributed by atoms with Crippen LogP contribution in [-0.2, 0) is 0 Å². The smallest absolute Gasteiger partial charge is 0.420 e. The number of fused-ring (bicyclic) bond motifs is 1. The normalized spacial score (nSPS) is 15.0. The van der Waals surface area contributed by atoms with Crippen LogP contribution >= 0.6 is 23.4 Å². The average molecular weight is 475 g/mol. The van der Waals surface area contributed by atoms with E-state index in [1.807, 2.05) is 0 Å². The maximum atomic E-state index is 14.3. The maximum absolute atomic E-state index is 14.3. The molecule has 0 saturated carbocycles. The summed E-state index contributed by atoms with van der Waals surface area (Å²) in [6, 6.07) is 8.33. The summed E-state index contributed by atoms with van der Waals surface area (Å²) in [4.78, 5) is 4.35. The molecule has 0 aliphatic heterocycles. The van der Waals surface area contributed by atoms with Gasteiger partial charge in [-0.05, 0) is 43.5 Å². The summed E-state index contributed by atoms with van der Waals surface area (Å²) >= 11 is 6.42. The summed E-state index contributed by atoms with van der Waals surface area (Å²) in [5, 5.41) is 23.8. The van der Waals surface area contributed by atoms with Crippen LogP contribution in [0, 0.1) is 12.7 Å². The molecule has 0 fully saturated rings. The SMILES string of the molecule is CSCC(O)(C(Nc1cccc2nc(C)ccc12)c1ccc(Cl)c(F)c1O)C(F)(F)F. The lowest BCUT2D eigenvalue weighted by Crippen LogP contribution is -2.54. The zero-order valence-electron chi connectivity index (χ0n) is 16.5. The molecule has 0 bridgehead atoms. The first kappa shape index (κ1) is 23.4. The van der Waals surface area contributed by atoms with E-state index in [0.29, 0.717) is 16.6 Å². The van der Waals surface area contributed by atoms with Gasteiger partial charge in [-0.2, -0.15) is 24.9 Å². The highest BCUT2D eigenvalue weighted by Crippen LogP contribution is 2.47. The molecule has 2 atom stereocenters. The maximum Gasteiger partial charge on any atom is 0.420 e. The molecule has 1 aromatic heterocycles. The summed E-state index contributed by atoms with van der Waals surface area (Å²) < 4.78 is 56.5. The van der Waals surface area contributed by atoms with Crippen molar-refractivity contribution in [3.05, 3.63) is 64.6 Å². The van der Waals surface area contributed by atoms with E-state index in [9.17, 15) is 27.8 Å². The van der Waals surface area contributed by atoms with Gasteiger partial charge in [-0.3, -0.25) is 4.98 Å². The predicted octanol–water partition coefficient (Wildman–Crippen LogP) is 5.85. The highest BCUT2D eigenvalue weighted by atomic mass is 35.5. The van der Waals surface area contributed by atoms with E-state index in [-0.39, 0.29) is 5.69 Å². The third kappa shape index (κ3) is 4.40. The number of anilines is 1. The van der Waals surface area contributed by atoms with Crippen molar-refractivity contribution in [2.45, 2.75) is 24.7 Å². The predicted molar refractivity (Wildman–Crippen MR) is 115 cm³/mol. The van der Waals surface area contributed by atoms with E-state index in [1.165, 1.54) is 12.3 Å². The van der Waals surface area contributed by atoms with Crippen LogP contribution in [0.4, 0.5) is 23.2 Å². The molecule has 2 aromatic carbocycles. The lowest BCUT2D eigenvalue weighted by molar-refractivity contribution is -0.256. The van der Waals surface area contributed by atoms with Crippen molar-refractivity contribution in [2.24, 2.45) is 0 Å². The second-order valence-corrected chi connectivity index (χ2v) is 8.33. The summed E-state index contributed by atoms with van der Waals surface area (Å²) in [5.74, 6) is -3.10. The van der Waals surface area contributed by atoms with Crippen LogP contribution in [0.25, 0.3) is 10.9 Å². The number of phenols is 1. The number of nitrogens with zero attached hydrogens (tertiary/aromatic N) is 1. The molecule has 4 nitrogen and oxygen atoms in total. The van der Waals surface area contributed by atoms with Gasteiger partial charge in [0.25, 0.3) is 0 Å². The third-order valence-corrected chi connectivity index (χ3v) is 5.94. The highest BCUT2D eigenvalue weighted by Gasteiger charge is 2.59. The van der Waals surface area contributed by atoms with Crippen LogP contribution in [0.5, 0.6) is 5.75 Å². The van der Waals surface area contributed by atoms with E-state index in [4.69, 9.17) is 11.6 Å². The molecule has 2 unspecified atom stereocenters. The number of hydrogen-bond acceptors (Lipinski definition) is 5. The molecule has 31 heavy (non-hydrogen) atoms. The number of aromatic nitrogens is 1. The zero-order valence-corrected chi connectivity index (χ0v) is 18.0. The van der Waals surface area contributed by atoms with Gasteiger partial charge in [0.1, 0.15) is 0 Å². The number of thioether (sulfide) groups is 1. The second-order valence-electron chi connectivity index (χ2n) is 7.06. The van der Waals surface area contributed by atoms with Gasteiger partial charge in [-0.1, -0.05) is 23.7 Å². The molecular formula is C21H19ClF4N2O2S. The Morgan fingerprint density at radius 3 is 2.52 bits per heavy atom. The number of benzene rings is 2. The summed E-state index contributed by atoms with van der Waals surface area (Å²) in [6.45, 7) is 1.78. The summed E-state index contributed by atoms with van der Waals surface area (Å²) in [7, 11) is 0. The Labute approximate surface area is 185 Å². The number of pyridine rings is 1. The van der Waals surface area contributed by atoms with E-state index in [0.717, 1.165) is 23.9 Å². The Bertz CT molecular complexity index is 1110. The monoisotopic (exact) mass is 474 g/mol. The summed E-state index contributed by atoms with van der Waals surface area (Å²) in [5.41, 5.74) is -2.35. The standard InChI is InChI=1S/C21H19ClF4N2O2S/c1-11-6-7-12-15(27-11)4-3-5-16(12)28-19(20(30,10-31-2)21(24,25)26)13-8-9-14(22)17(23)18(13)29/h3-9,19,28-30H,10H2,1-2H3. The quantitative estimate of drug-likeness (QED) is 0.391. The van der Waals surface area contributed by atoms with Gasteiger partial charge in [0.05, 0.1) is 16.6 Å². The topological polar surface area (TPSA) is 65.4 Å². The Morgan fingerprint density at radius 1 is 1.16 bits per heavy atom. The number of alkyl halides is 3. The molecule has 0 aliphatic rings. The minimum atomic E-state index is -5.10. The number of aryl methyl sites for hydroxylation is 1. The van der Waals surface area contributed by atoms with Crippen LogP contribution in [0.1, 0.15) is 17.3 Å². The fourth-order valence-electron chi connectivity index (χ4n) is 3.33. The van der Waals surface area contributed by atoms with Crippen LogP contribution in [0.15, 0.2) is 42.5 Å². The lowest BCUT2D eigenvalue weighted by atomic mass is 9.88. The van der Waals surface area contributed by atoms with Gasteiger partial charge >= 0.3 is 6.18 Å². The molecule has 3 aromatic rings. The van der Waals surface area contributed by atoms with Gasteiger partial charge in [0.15, 0.2) is 17.2 Å². The van der Waals surface area contributed by atoms with Crippen LogP contribution in [0.3, 0.4) is 0 Å². The number of aromatic hydroxyl groups is 1. The van der Waals surface area contributed by atoms with Crippen molar-refractivity contribution in [1.82, 2.24) is 4.98 Å². The fraction of sp³-hybridized carbons (Fsp3) is 0.286. The van der Waals surface area contributed by atoms with Crippen LogP contribution < -0.4 is 5.32 Å². The van der Waals surface area contributed by atoms with Crippen molar-refractivity contribution >= 4 is 40.0 Å². The molecule has 0 radical (unpaired) electrons. The molecule has 1 heterocycles. The average Bonchev–Trinajstić information content (AvgIpc) is 2.70. The molecule has 10 heteroatoms. The molecule has 0 spiro atoms. The summed E-state index contributed by atoms with van der Waals surface area (Å²) in [6.07, 6.45) is -3.70. The number of halogens is 5. The Balaban J connectivity index is 2.24. The molecule has 0 aliphatic carbocycles. The first-order chi connectivity index (χ1) is 14.5. The van der Waals surface area contributed by atoms with Crippen molar-refractivity contribution in [2.75, 3.05) is 17.3 Å². The van der Waals surface area contributed by atoms with Crippen LogP contribution in [-0.4, -0.2) is 39.0 Å². The van der Waals surface area contributed by atoms with E-state index >= 15 is 0 Å². The number of rotatable bonds is 6. The molecule has 3 N–H and O–H groups in total. The number of nitrogens with one attached hydrogen (secondary N) is 1. The van der Waals surface area contributed by atoms with Crippen LogP contribution in [0.2, 0.25) is 5.02 Å². The number of hydrogen-bond donors (Lipinski definition) is 3. The van der Waals surface area contributed by atoms with Gasteiger partial charge in [0, 0.05) is 28.1 Å². The van der Waals surface area contributed by atoms with Gasteiger partial charge in [0.2, 0.25) is 0 Å². The van der Waals surface area contributed by atoms with Crippen molar-refractivity contribution < 1.29 is 27.8 Å². The van der Waals surface area contributed by atoms with Crippen molar-refractivity contribution in [3.8, 4) is 5.75 Å². The lowest BCUT2D eigenvalue weighted by Gasteiger charge is -2.39. The molecule has 0 amide bonds. The Morgan fingerprint density at radius 2 is 1.87 bits per heavy atom. The molecular weight excluding hydrogens is 456 g/mol. The molecule has 166 valence electrons. The minimum Gasteiger partial charge on any atom is -0.505 e. The Kier molecular flexibility index (Phi) is 6.59. The van der Waals surface area contributed by atoms with E-state index in [1.54, 1.807) is 31.2 Å². The van der Waals surface area contributed by atoms with Crippen molar-refractivity contribution in [3.63, 3.8) is 0 Å². The van der Waals surface area contributed by atoms with E-state index in [2.05, 4.69) is 10.3 Å². The van der Waals surface area contributed by atoms with Gasteiger partial charge in [-0.25, -0.2) is 4.39 Å². The van der Waals surface area contributed by atoms with Crippen molar-refractivity contribution in [1.29, 1.82) is 0 Å².